The molecule has 0 saturated heterocycles. The van der Waals surface area contributed by atoms with Gasteiger partial charge in [-0.1, -0.05) is 23.7 Å². The normalized spacial score (nSPS) is 9.95. The molecule has 1 N–H and O–H groups in total. The second kappa shape index (κ2) is 6.59. The van der Waals surface area contributed by atoms with E-state index >= 15 is 0 Å². The van der Waals surface area contributed by atoms with Gasteiger partial charge in [0.15, 0.2) is 5.43 Å². The van der Waals surface area contributed by atoms with Crippen LogP contribution in [0.3, 0.4) is 0 Å². The summed E-state index contributed by atoms with van der Waals surface area (Å²) < 4.78 is 1.69. The Bertz CT molecular complexity index is 708. The summed E-state index contributed by atoms with van der Waals surface area (Å²) in [6.45, 7) is 1.62. The molecular formula is C14H13ClNNaO3. The van der Waals surface area contributed by atoms with Gasteiger partial charge in [0.05, 0.1) is 5.69 Å². The van der Waals surface area contributed by atoms with Crippen molar-refractivity contribution in [1.82, 2.24) is 4.57 Å². The molecule has 20 heavy (non-hydrogen) atoms. The van der Waals surface area contributed by atoms with Crippen molar-refractivity contribution in [3.8, 4) is 11.3 Å². The molecule has 2 rings (SSSR count). The molecule has 1 aromatic carbocycles. The number of aromatic nitrogens is 1. The van der Waals surface area contributed by atoms with Crippen molar-refractivity contribution in [2.24, 2.45) is 7.05 Å². The molecular weight excluding hydrogens is 289 g/mol. The van der Waals surface area contributed by atoms with Crippen molar-refractivity contribution in [3.63, 3.8) is 0 Å². The van der Waals surface area contributed by atoms with Crippen LogP contribution in [0.4, 0.5) is 0 Å². The molecule has 0 atom stereocenters. The number of benzene rings is 1. The summed E-state index contributed by atoms with van der Waals surface area (Å²) in [7, 11) is 1.73. The van der Waals surface area contributed by atoms with Gasteiger partial charge < -0.3 is 9.67 Å². The molecule has 0 radical (unpaired) electrons. The third-order valence-electron chi connectivity index (χ3n) is 3.09. The van der Waals surface area contributed by atoms with E-state index in [1.807, 2.05) is 0 Å². The average Bonchev–Trinajstić information content (AvgIpc) is 2.34. The number of pyridine rings is 1. The topological polar surface area (TPSA) is 59.3 Å². The summed E-state index contributed by atoms with van der Waals surface area (Å²) in [5.41, 5.74) is 1.20. The molecule has 0 aliphatic heterocycles. The number of aromatic carboxylic acids is 1. The van der Waals surface area contributed by atoms with Crippen molar-refractivity contribution in [2.75, 3.05) is 0 Å². The quantitative estimate of drug-likeness (QED) is 0.864. The predicted molar refractivity (Wildman–Crippen MR) is 81.0 cm³/mol. The predicted octanol–water partition coefficient (Wildman–Crippen LogP) is 2.06. The number of rotatable bonds is 2. The zero-order chi connectivity index (χ0) is 14.2. The molecule has 6 heteroatoms. The molecule has 0 bridgehead atoms. The zero-order valence-corrected chi connectivity index (χ0v) is 11.2. The summed E-state index contributed by atoms with van der Waals surface area (Å²) in [6, 6.07) is 8.36. The van der Waals surface area contributed by atoms with Gasteiger partial charge in [0.25, 0.3) is 0 Å². The van der Waals surface area contributed by atoms with E-state index in [0.717, 1.165) is 5.56 Å². The Morgan fingerprint density at radius 2 is 1.80 bits per heavy atom. The van der Waals surface area contributed by atoms with Crippen molar-refractivity contribution < 1.29 is 9.90 Å². The van der Waals surface area contributed by atoms with Crippen LogP contribution in [0, 0.1) is 6.92 Å². The van der Waals surface area contributed by atoms with Crippen LogP contribution < -0.4 is 5.43 Å². The molecule has 0 aliphatic carbocycles. The van der Waals surface area contributed by atoms with Crippen LogP contribution in [-0.4, -0.2) is 45.2 Å². The molecule has 0 saturated carbocycles. The first-order valence-corrected chi connectivity index (χ1v) is 5.99. The Labute approximate surface area is 143 Å². The molecule has 0 aliphatic rings. The van der Waals surface area contributed by atoms with Crippen molar-refractivity contribution >= 4 is 47.1 Å². The minimum atomic E-state index is -1.21. The van der Waals surface area contributed by atoms with Crippen molar-refractivity contribution in [2.45, 2.75) is 6.92 Å². The minimum absolute atomic E-state index is 0. The number of hydrogen-bond acceptors (Lipinski definition) is 2. The second-order valence-corrected chi connectivity index (χ2v) is 4.66. The number of hydrogen-bond donors (Lipinski definition) is 1. The Kier molecular flexibility index (Phi) is 5.59. The van der Waals surface area contributed by atoms with Gasteiger partial charge in [-0.15, -0.1) is 0 Å². The first kappa shape index (κ1) is 17.0. The average molecular weight is 302 g/mol. The van der Waals surface area contributed by atoms with E-state index < -0.39 is 11.4 Å². The van der Waals surface area contributed by atoms with Crippen LogP contribution in [0.1, 0.15) is 16.1 Å². The van der Waals surface area contributed by atoms with Crippen LogP contribution >= 0.6 is 11.6 Å². The fourth-order valence-corrected chi connectivity index (χ4v) is 2.10. The van der Waals surface area contributed by atoms with E-state index in [9.17, 15) is 9.59 Å². The summed E-state index contributed by atoms with van der Waals surface area (Å²) >= 11 is 5.82. The Hall–Kier alpha value is -1.07. The van der Waals surface area contributed by atoms with Gasteiger partial charge in [-0.2, -0.15) is 0 Å². The SMILES string of the molecule is Cc1c(C(=O)O)c(=O)cc(-c2ccc(Cl)cc2)n1C.[NaH]. The van der Waals surface area contributed by atoms with Gasteiger partial charge in [-0.25, -0.2) is 4.79 Å². The molecule has 4 nitrogen and oxygen atoms in total. The van der Waals surface area contributed by atoms with E-state index in [2.05, 4.69) is 0 Å². The molecule has 1 heterocycles. The third kappa shape index (κ3) is 3.15. The zero-order valence-electron chi connectivity index (χ0n) is 10.5. The number of nitrogens with zero attached hydrogens (tertiary/aromatic N) is 1. The fourth-order valence-electron chi connectivity index (χ4n) is 1.98. The van der Waals surface area contributed by atoms with Gasteiger partial charge in [-0.05, 0) is 24.6 Å². The van der Waals surface area contributed by atoms with Gasteiger partial charge >= 0.3 is 35.5 Å². The summed E-state index contributed by atoms with van der Waals surface area (Å²) in [5, 5.41) is 9.64. The number of carboxylic acid groups (broad SMARTS) is 1. The summed E-state index contributed by atoms with van der Waals surface area (Å²) in [4.78, 5) is 22.9. The Morgan fingerprint density at radius 1 is 1.25 bits per heavy atom. The summed E-state index contributed by atoms with van der Waals surface area (Å²) in [6.07, 6.45) is 0. The van der Waals surface area contributed by atoms with Crippen LogP contribution in [0.15, 0.2) is 35.1 Å². The van der Waals surface area contributed by atoms with Crippen molar-refractivity contribution in [1.29, 1.82) is 0 Å². The number of carboxylic acids is 1. The number of halogens is 1. The van der Waals surface area contributed by atoms with Gasteiger partial charge in [0.1, 0.15) is 5.56 Å². The fraction of sp³-hybridized carbons (Fsp3) is 0.143. The number of carbonyl (C=O) groups is 1. The maximum atomic E-state index is 11.9. The first-order valence-electron chi connectivity index (χ1n) is 5.61. The first-order chi connectivity index (χ1) is 8.91. The van der Waals surface area contributed by atoms with Crippen LogP contribution in [0.5, 0.6) is 0 Å². The van der Waals surface area contributed by atoms with Crippen LogP contribution in [-0.2, 0) is 7.05 Å². The van der Waals surface area contributed by atoms with E-state index in [4.69, 9.17) is 16.7 Å². The molecule has 0 amide bonds. The van der Waals surface area contributed by atoms with E-state index in [1.54, 1.807) is 42.8 Å². The van der Waals surface area contributed by atoms with E-state index in [0.29, 0.717) is 16.4 Å². The Balaban J connectivity index is 0.00000200. The third-order valence-corrected chi connectivity index (χ3v) is 3.35. The van der Waals surface area contributed by atoms with Crippen LogP contribution in [0.2, 0.25) is 5.02 Å². The summed E-state index contributed by atoms with van der Waals surface area (Å²) in [5.74, 6) is -1.21. The van der Waals surface area contributed by atoms with Crippen LogP contribution in [0.25, 0.3) is 11.3 Å². The monoisotopic (exact) mass is 301 g/mol. The molecule has 2 aromatic rings. The molecule has 100 valence electrons. The molecule has 0 spiro atoms. The molecule has 1 aromatic heterocycles. The standard InChI is InChI=1S/C14H12ClNO3.Na.H/c1-8-13(14(18)19)12(17)7-11(16(8)2)9-3-5-10(15)6-4-9;;/h3-7H,1-2H3,(H,18,19);;. The van der Waals surface area contributed by atoms with E-state index in [1.165, 1.54) is 6.07 Å². The maximum absolute atomic E-state index is 11.9. The van der Waals surface area contributed by atoms with Gasteiger partial charge in [0, 0.05) is 23.8 Å². The van der Waals surface area contributed by atoms with Gasteiger partial charge in [-0.3, -0.25) is 4.79 Å². The van der Waals surface area contributed by atoms with E-state index in [-0.39, 0.29) is 35.1 Å². The van der Waals surface area contributed by atoms with Crippen molar-refractivity contribution in [3.05, 3.63) is 56.8 Å². The molecule has 0 unspecified atom stereocenters. The second-order valence-electron chi connectivity index (χ2n) is 4.23. The molecule has 0 fully saturated rings. The Morgan fingerprint density at radius 3 is 2.30 bits per heavy atom. The van der Waals surface area contributed by atoms with Gasteiger partial charge in [0.2, 0.25) is 0 Å².